The summed E-state index contributed by atoms with van der Waals surface area (Å²) in [4.78, 5) is 34.8. The minimum Gasteiger partial charge on any atom is -0.439 e. The van der Waals surface area contributed by atoms with Gasteiger partial charge in [-0.2, -0.15) is 4.68 Å². The molecule has 1 heterocycles. The molecule has 1 aromatic heterocycles. The number of carbonyl (C=O) groups is 1. The molecule has 0 fully saturated rings. The zero-order valence-electron chi connectivity index (χ0n) is 13.1. The van der Waals surface area contributed by atoms with Crippen molar-refractivity contribution in [2.75, 3.05) is 0 Å². The van der Waals surface area contributed by atoms with Crippen LogP contribution in [0.2, 0.25) is 0 Å². The summed E-state index contributed by atoms with van der Waals surface area (Å²) in [7, 11) is 0. The average molecular weight is 340 g/mol. The molecule has 25 heavy (non-hydrogen) atoms. The maximum absolute atomic E-state index is 12.3. The zero-order valence-corrected chi connectivity index (χ0v) is 13.1. The van der Waals surface area contributed by atoms with E-state index < -0.39 is 23.2 Å². The van der Waals surface area contributed by atoms with E-state index in [1.807, 2.05) is 0 Å². The molecule has 9 nitrogen and oxygen atoms in total. The number of nitrogens with zero attached hydrogens (tertiary/aromatic N) is 4. The Morgan fingerprint density at radius 2 is 2.00 bits per heavy atom. The molecule has 0 saturated carbocycles. The third-order valence-corrected chi connectivity index (χ3v) is 3.67. The maximum atomic E-state index is 12.3. The van der Waals surface area contributed by atoms with Crippen LogP contribution in [0.3, 0.4) is 0 Å². The number of hydrogen-bond acceptors (Lipinski definition) is 7. The minimum absolute atomic E-state index is 0.0518. The number of nitro benzene ring substituents is 1. The number of aromatic nitrogens is 3. The van der Waals surface area contributed by atoms with Crippen LogP contribution in [0.15, 0.2) is 47.3 Å². The van der Waals surface area contributed by atoms with Crippen LogP contribution in [0.1, 0.15) is 15.9 Å². The number of nitro groups is 1. The highest BCUT2D eigenvalue weighted by molar-refractivity contribution is 5.92. The molecule has 0 aliphatic rings. The summed E-state index contributed by atoms with van der Waals surface area (Å²) in [5.74, 6) is -0.789. The van der Waals surface area contributed by atoms with Gasteiger partial charge in [0.25, 0.3) is 11.2 Å². The van der Waals surface area contributed by atoms with Gasteiger partial charge in [0.1, 0.15) is 5.52 Å². The van der Waals surface area contributed by atoms with Gasteiger partial charge in [-0.3, -0.25) is 14.9 Å². The minimum atomic E-state index is -0.789. The SMILES string of the molecule is Cc1c(C(=O)OCn2nnc3ccccc3c2=O)cccc1[N+](=O)[O-]. The van der Waals surface area contributed by atoms with E-state index in [4.69, 9.17) is 4.74 Å². The average Bonchev–Trinajstić information content (AvgIpc) is 2.61. The standard InChI is InChI=1S/C16H12N4O5/c1-10-11(6-4-8-14(10)20(23)24)16(22)25-9-19-15(21)12-5-2-3-7-13(12)17-18-19/h2-8H,9H2,1H3. The van der Waals surface area contributed by atoms with Crippen molar-refractivity contribution in [1.29, 1.82) is 0 Å². The van der Waals surface area contributed by atoms with E-state index in [9.17, 15) is 19.7 Å². The lowest BCUT2D eigenvalue weighted by Gasteiger charge is -2.08. The Labute approximate surface area is 140 Å². The molecular weight excluding hydrogens is 328 g/mol. The van der Waals surface area contributed by atoms with Crippen LogP contribution in [-0.4, -0.2) is 25.9 Å². The molecule has 0 radical (unpaired) electrons. The van der Waals surface area contributed by atoms with Crippen LogP contribution < -0.4 is 5.56 Å². The van der Waals surface area contributed by atoms with Crippen molar-refractivity contribution in [3.63, 3.8) is 0 Å². The lowest BCUT2D eigenvalue weighted by atomic mass is 10.1. The Morgan fingerprint density at radius 1 is 1.24 bits per heavy atom. The summed E-state index contributed by atoms with van der Waals surface area (Å²) < 4.78 is 5.97. The summed E-state index contributed by atoms with van der Waals surface area (Å²) in [5.41, 5.74) is 0.0429. The second kappa shape index (κ2) is 6.48. The van der Waals surface area contributed by atoms with Crippen molar-refractivity contribution in [2.24, 2.45) is 0 Å². The van der Waals surface area contributed by atoms with Crippen LogP contribution >= 0.6 is 0 Å². The van der Waals surface area contributed by atoms with E-state index >= 15 is 0 Å². The van der Waals surface area contributed by atoms with Crippen molar-refractivity contribution in [2.45, 2.75) is 13.7 Å². The Bertz CT molecular complexity index is 1040. The fourth-order valence-electron chi connectivity index (χ4n) is 2.35. The molecular formula is C16H12N4O5. The third kappa shape index (κ3) is 3.07. The summed E-state index contributed by atoms with van der Waals surface area (Å²) in [6.45, 7) is 1.01. The third-order valence-electron chi connectivity index (χ3n) is 3.67. The Morgan fingerprint density at radius 3 is 2.76 bits per heavy atom. The first-order valence-corrected chi connectivity index (χ1v) is 7.22. The van der Waals surface area contributed by atoms with E-state index in [0.717, 1.165) is 4.68 Å². The molecule has 0 N–H and O–H groups in total. The molecule has 126 valence electrons. The van der Waals surface area contributed by atoms with Gasteiger partial charge in [0, 0.05) is 11.6 Å². The maximum Gasteiger partial charge on any atom is 0.340 e. The van der Waals surface area contributed by atoms with Gasteiger partial charge in [-0.15, -0.1) is 5.10 Å². The Hall–Kier alpha value is -3.62. The predicted octanol–water partition coefficient (Wildman–Crippen LogP) is 1.82. The van der Waals surface area contributed by atoms with Gasteiger partial charge >= 0.3 is 5.97 Å². The predicted molar refractivity (Wildman–Crippen MR) is 87.0 cm³/mol. The van der Waals surface area contributed by atoms with E-state index in [-0.39, 0.29) is 16.8 Å². The van der Waals surface area contributed by atoms with Crippen LogP contribution in [-0.2, 0) is 11.5 Å². The molecule has 0 aliphatic carbocycles. The summed E-state index contributed by atoms with van der Waals surface area (Å²) in [6.07, 6.45) is 0. The monoisotopic (exact) mass is 340 g/mol. The van der Waals surface area contributed by atoms with Gasteiger partial charge in [0.2, 0.25) is 0 Å². The second-order valence-electron chi connectivity index (χ2n) is 5.18. The van der Waals surface area contributed by atoms with Crippen molar-refractivity contribution in [3.05, 3.63) is 74.1 Å². The number of hydrogen-bond donors (Lipinski definition) is 0. The first kappa shape index (κ1) is 16.2. The van der Waals surface area contributed by atoms with Crippen molar-refractivity contribution < 1.29 is 14.5 Å². The summed E-state index contributed by atoms with van der Waals surface area (Å²) in [5, 5.41) is 18.9. The molecule has 9 heteroatoms. The molecule has 0 saturated heterocycles. The van der Waals surface area contributed by atoms with Gasteiger partial charge in [-0.05, 0) is 25.1 Å². The molecule has 3 rings (SSSR count). The number of rotatable bonds is 4. The largest absolute Gasteiger partial charge is 0.439 e. The van der Waals surface area contributed by atoms with Crippen molar-refractivity contribution in [3.8, 4) is 0 Å². The fourth-order valence-corrected chi connectivity index (χ4v) is 2.35. The molecule has 0 aliphatic heterocycles. The van der Waals surface area contributed by atoms with E-state index in [1.54, 1.807) is 24.3 Å². The van der Waals surface area contributed by atoms with Gasteiger partial charge in [0.15, 0.2) is 6.73 Å². The Kier molecular flexibility index (Phi) is 4.21. The highest BCUT2D eigenvalue weighted by Crippen LogP contribution is 2.21. The molecule has 2 aromatic carbocycles. The number of ether oxygens (including phenoxy) is 1. The summed E-state index contributed by atoms with van der Waals surface area (Å²) >= 11 is 0. The number of carbonyl (C=O) groups excluding carboxylic acids is 1. The molecule has 0 spiro atoms. The normalized spacial score (nSPS) is 10.6. The van der Waals surface area contributed by atoms with Gasteiger partial charge < -0.3 is 4.74 Å². The lowest BCUT2D eigenvalue weighted by Crippen LogP contribution is -2.26. The molecule has 0 unspecified atom stereocenters. The van der Waals surface area contributed by atoms with Crippen molar-refractivity contribution >= 4 is 22.6 Å². The highest BCUT2D eigenvalue weighted by Gasteiger charge is 2.19. The van der Waals surface area contributed by atoms with Crippen molar-refractivity contribution in [1.82, 2.24) is 15.0 Å². The number of fused-ring (bicyclic) bond motifs is 1. The molecule has 3 aromatic rings. The first-order chi connectivity index (χ1) is 12.0. The van der Waals surface area contributed by atoms with Crippen LogP contribution in [0.4, 0.5) is 5.69 Å². The van der Waals surface area contributed by atoms with E-state index in [1.165, 1.54) is 25.1 Å². The smallest absolute Gasteiger partial charge is 0.340 e. The fraction of sp³-hybridized carbons (Fsp3) is 0.125. The number of esters is 1. The topological polar surface area (TPSA) is 117 Å². The van der Waals surface area contributed by atoms with Crippen LogP contribution in [0, 0.1) is 17.0 Å². The Balaban J connectivity index is 1.84. The number of benzene rings is 2. The van der Waals surface area contributed by atoms with Crippen LogP contribution in [0.5, 0.6) is 0 Å². The summed E-state index contributed by atoms with van der Waals surface area (Å²) in [6, 6.07) is 10.8. The van der Waals surface area contributed by atoms with Crippen LogP contribution in [0.25, 0.3) is 10.9 Å². The van der Waals surface area contributed by atoms with E-state index in [2.05, 4.69) is 10.3 Å². The first-order valence-electron chi connectivity index (χ1n) is 7.22. The quantitative estimate of drug-likeness (QED) is 0.404. The molecule has 0 atom stereocenters. The molecule has 0 bridgehead atoms. The van der Waals surface area contributed by atoms with Gasteiger partial charge in [-0.1, -0.05) is 23.4 Å². The zero-order chi connectivity index (χ0) is 18.0. The highest BCUT2D eigenvalue weighted by atomic mass is 16.6. The second-order valence-corrected chi connectivity index (χ2v) is 5.18. The molecule has 0 amide bonds. The van der Waals surface area contributed by atoms with Gasteiger partial charge in [0.05, 0.1) is 15.9 Å². The lowest BCUT2D eigenvalue weighted by molar-refractivity contribution is -0.385. The van der Waals surface area contributed by atoms with Gasteiger partial charge in [-0.25, -0.2) is 4.79 Å². The van der Waals surface area contributed by atoms with E-state index in [0.29, 0.717) is 10.9 Å².